The van der Waals surface area contributed by atoms with Crippen molar-refractivity contribution in [3.63, 3.8) is 0 Å². The van der Waals surface area contributed by atoms with Crippen molar-refractivity contribution in [3.8, 4) is 11.4 Å². The van der Waals surface area contributed by atoms with Gasteiger partial charge in [-0.3, -0.25) is 9.36 Å². The molecule has 0 spiro atoms. The maximum Gasteiger partial charge on any atom is 0.233 e. The molecule has 4 rings (SSSR count). The highest BCUT2D eigenvalue weighted by Crippen LogP contribution is 2.42. The summed E-state index contributed by atoms with van der Waals surface area (Å²) in [5, 5.41) is 12.3. The molecule has 1 fully saturated rings. The first-order valence-corrected chi connectivity index (χ1v) is 10.7. The van der Waals surface area contributed by atoms with Gasteiger partial charge in [0.05, 0.1) is 10.8 Å². The summed E-state index contributed by atoms with van der Waals surface area (Å²) in [6.07, 6.45) is 2.00. The molecule has 1 unspecified atom stereocenters. The monoisotopic (exact) mass is 430 g/mol. The van der Waals surface area contributed by atoms with Gasteiger partial charge in [-0.15, -0.1) is 10.2 Å². The van der Waals surface area contributed by atoms with E-state index in [0.717, 1.165) is 18.4 Å². The molecule has 150 valence electrons. The number of halogens is 2. The van der Waals surface area contributed by atoms with Gasteiger partial charge in [-0.2, -0.15) is 0 Å². The maximum atomic E-state index is 14.3. The molecule has 2 aromatic carbocycles. The van der Waals surface area contributed by atoms with Crippen LogP contribution in [0.4, 0.5) is 4.39 Å². The first kappa shape index (κ1) is 19.9. The summed E-state index contributed by atoms with van der Waals surface area (Å²) in [6.45, 7) is 2.18. The van der Waals surface area contributed by atoms with Crippen LogP contribution in [0.2, 0.25) is 5.02 Å². The van der Waals surface area contributed by atoms with Gasteiger partial charge in [0.25, 0.3) is 0 Å². The van der Waals surface area contributed by atoms with Gasteiger partial charge in [0, 0.05) is 17.6 Å². The van der Waals surface area contributed by atoms with Gasteiger partial charge in [-0.1, -0.05) is 53.7 Å². The third-order valence-corrected chi connectivity index (χ3v) is 6.18. The predicted molar refractivity (Wildman–Crippen MR) is 112 cm³/mol. The van der Waals surface area contributed by atoms with Crippen LogP contribution >= 0.6 is 23.4 Å². The Balaban J connectivity index is 1.48. The molecule has 1 aliphatic rings. The highest BCUT2D eigenvalue weighted by atomic mass is 35.5. The van der Waals surface area contributed by atoms with Crippen LogP contribution in [0.25, 0.3) is 11.4 Å². The Morgan fingerprint density at radius 1 is 1.24 bits per heavy atom. The Hall–Kier alpha value is -2.38. The van der Waals surface area contributed by atoms with Gasteiger partial charge < -0.3 is 5.32 Å². The number of carbonyl (C=O) groups is 1. The number of rotatable bonds is 7. The number of thioether (sulfide) groups is 1. The van der Waals surface area contributed by atoms with Crippen molar-refractivity contribution in [3.05, 3.63) is 64.9 Å². The first-order valence-electron chi connectivity index (χ1n) is 9.42. The Morgan fingerprint density at radius 3 is 2.69 bits per heavy atom. The predicted octanol–water partition coefficient (Wildman–Crippen LogP) is 4.87. The fraction of sp³-hybridized carbons (Fsp3) is 0.286. The van der Waals surface area contributed by atoms with E-state index in [4.69, 9.17) is 11.6 Å². The Morgan fingerprint density at radius 2 is 1.97 bits per heavy atom. The number of hydrogen-bond acceptors (Lipinski definition) is 4. The average molecular weight is 431 g/mol. The van der Waals surface area contributed by atoms with Crippen LogP contribution in [0, 0.1) is 5.82 Å². The largest absolute Gasteiger partial charge is 0.351 e. The van der Waals surface area contributed by atoms with Gasteiger partial charge in [-0.25, -0.2) is 4.39 Å². The molecule has 3 aromatic rings. The fourth-order valence-electron chi connectivity index (χ4n) is 3.02. The van der Waals surface area contributed by atoms with Crippen molar-refractivity contribution in [1.29, 1.82) is 0 Å². The Labute approximate surface area is 177 Å². The van der Waals surface area contributed by atoms with E-state index in [0.29, 0.717) is 28.1 Å². The molecule has 0 aliphatic heterocycles. The van der Waals surface area contributed by atoms with Gasteiger partial charge >= 0.3 is 0 Å². The number of hydrogen-bond donors (Lipinski definition) is 1. The summed E-state index contributed by atoms with van der Waals surface area (Å²) in [6, 6.07) is 14.2. The fourth-order valence-corrected chi connectivity index (χ4v) is 4.17. The van der Waals surface area contributed by atoms with E-state index in [-0.39, 0.29) is 23.0 Å². The molecule has 5 nitrogen and oxygen atoms in total. The van der Waals surface area contributed by atoms with E-state index in [9.17, 15) is 9.18 Å². The molecule has 29 heavy (non-hydrogen) atoms. The zero-order valence-corrected chi connectivity index (χ0v) is 17.4. The van der Waals surface area contributed by atoms with Crippen LogP contribution in [0.5, 0.6) is 0 Å². The molecule has 1 N–H and O–H groups in total. The van der Waals surface area contributed by atoms with E-state index >= 15 is 0 Å². The minimum atomic E-state index is -0.382. The molecule has 0 bridgehead atoms. The lowest BCUT2D eigenvalue weighted by atomic mass is 10.2. The quantitative estimate of drug-likeness (QED) is 0.543. The number of carbonyl (C=O) groups excluding carboxylic acids is 1. The van der Waals surface area contributed by atoms with Crippen molar-refractivity contribution in [2.75, 3.05) is 0 Å². The minimum Gasteiger partial charge on any atom is -0.351 e. The van der Waals surface area contributed by atoms with Gasteiger partial charge in [0.2, 0.25) is 5.91 Å². The van der Waals surface area contributed by atoms with Crippen LogP contribution in [0.3, 0.4) is 0 Å². The topological polar surface area (TPSA) is 59.8 Å². The number of nitrogens with zero attached hydrogens (tertiary/aromatic N) is 3. The molecule has 0 radical (unpaired) electrons. The van der Waals surface area contributed by atoms with Crippen molar-refractivity contribution in [1.82, 2.24) is 20.1 Å². The summed E-state index contributed by atoms with van der Waals surface area (Å²) in [5.41, 5.74) is 1.29. The van der Waals surface area contributed by atoms with Crippen LogP contribution in [-0.2, 0) is 11.3 Å². The lowest BCUT2D eigenvalue weighted by Gasteiger charge is -2.14. The standard InChI is InChI=1S/C21H20ClFN4OS/c1-13(20(28)24-12-14-6-2-4-8-17(14)22)29-21-26-25-19(27(21)15-10-11-15)16-7-3-5-9-18(16)23/h2-9,13,15H,10-12H2,1H3,(H,24,28). The summed E-state index contributed by atoms with van der Waals surface area (Å²) < 4.78 is 16.2. The highest BCUT2D eigenvalue weighted by molar-refractivity contribution is 8.00. The van der Waals surface area contributed by atoms with Gasteiger partial charge in [0.15, 0.2) is 11.0 Å². The highest BCUT2D eigenvalue weighted by Gasteiger charge is 2.32. The smallest absolute Gasteiger partial charge is 0.233 e. The number of amides is 1. The van der Waals surface area contributed by atoms with Gasteiger partial charge in [0.1, 0.15) is 5.82 Å². The third-order valence-electron chi connectivity index (χ3n) is 4.75. The normalized spacial score (nSPS) is 14.6. The summed E-state index contributed by atoms with van der Waals surface area (Å²) >= 11 is 7.47. The Bertz CT molecular complexity index is 1040. The SMILES string of the molecule is CC(Sc1nnc(-c2ccccc2F)n1C1CC1)C(=O)NCc1ccccc1Cl. The molecule has 8 heteroatoms. The van der Waals surface area contributed by atoms with Crippen LogP contribution in [0.15, 0.2) is 53.7 Å². The second-order valence-corrected chi connectivity index (χ2v) is 8.67. The lowest BCUT2D eigenvalue weighted by molar-refractivity contribution is -0.120. The zero-order chi connectivity index (χ0) is 20.4. The van der Waals surface area contributed by atoms with E-state index in [1.54, 1.807) is 24.3 Å². The number of nitrogens with one attached hydrogen (secondary N) is 1. The first-order chi connectivity index (χ1) is 14.0. The lowest BCUT2D eigenvalue weighted by Crippen LogP contribution is -2.30. The van der Waals surface area contributed by atoms with Crippen molar-refractivity contribution < 1.29 is 9.18 Å². The molecule has 1 aliphatic carbocycles. The molecule has 1 heterocycles. The van der Waals surface area contributed by atoms with Crippen LogP contribution in [-0.4, -0.2) is 25.9 Å². The van der Waals surface area contributed by atoms with E-state index in [1.165, 1.54) is 17.8 Å². The third kappa shape index (κ3) is 4.46. The van der Waals surface area contributed by atoms with Crippen LogP contribution < -0.4 is 5.32 Å². The van der Waals surface area contributed by atoms with Gasteiger partial charge in [-0.05, 0) is 43.5 Å². The van der Waals surface area contributed by atoms with E-state index in [2.05, 4.69) is 15.5 Å². The van der Waals surface area contributed by atoms with E-state index < -0.39 is 0 Å². The molecule has 1 amide bonds. The summed E-state index contributed by atoms with van der Waals surface area (Å²) in [5.74, 6) is 0.0633. The molecule has 1 atom stereocenters. The number of benzene rings is 2. The molecular weight excluding hydrogens is 411 g/mol. The molecule has 0 saturated heterocycles. The molecule has 1 aromatic heterocycles. The van der Waals surface area contributed by atoms with E-state index in [1.807, 2.05) is 29.7 Å². The summed E-state index contributed by atoms with van der Waals surface area (Å²) in [7, 11) is 0. The van der Waals surface area contributed by atoms with Crippen molar-refractivity contribution in [2.45, 2.75) is 42.8 Å². The molecule has 1 saturated carbocycles. The zero-order valence-electron chi connectivity index (χ0n) is 15.8. The van der Waals surface area contributed by atoms with Crippen molar-refractivity contribution in [2.24, 2.45) is 0 Å². The van der Waals surface area contributed by atoms with Crippen LogP contribution in [0.1, 0.15) is 31.4 Å². The molecular formula is C21H20ClFN4OS. The average Bonchev–Trinajstić information content (AvgIpc) is 3.48. The second kappa shape index (κ2) is 8.55. The Kier molecular flexibility index (Phi) is 5.87. The second-order valence-electron chi connectivity index (χ2n) is 6.96. The van der Waals surface area contributed by atoms with Crippen molar-refractivity contribution >= 4 is 29.3 Å². The minimum absolute atomic E-state index is 0.118. The maximum absolute atomic E-state index is 14.3. The number of aromatic nitrogens is 3. The summed E-state index contributed by atoms with van der Waals surface area (Å²) in [4.78, 5) is 12.6.